The molecule has 0 spiro atoms. The van der Waals surface area contributed by atoms with Crippen LogP contribution in [0.25, 0.3) is 0 Å². The number of hydrogen-bond donors (Lipinski definition) is 0. The van der Waals surface area contributed by atoms with E-state index in [0.29, 0.717) is 11.1 Å². The van der Waals surface area contributed by atoms with Crippen LogP contribution in [-0.4, -0.2) is 9.97 Å². The van der Waals surface area contributed by atoms with Crippen LogP contribution in [-0.2, 0) is 10.7 Å². The van der Waals surface area contributed by atoms with Gasteiger partial charge in [0.15, 0.2) is 0 Å². The van der Waals surface area contributed by atoms with E-state index in [1.165, 1.54) is 0 Å². The van der Waals surface area contributed by atoms with E-state index in [4.69, 9.17) is 11.6 Å². The van der Waals surface area contributed by atoms with Crippen LogP contribution in [0.15, 0.2) is 87.1 Å². The molecular formula is C16H12ClN3S. The van der Waals surface area contributed by atoms with E-state index in [9.17, 15) is 0 Å². The Morgan fingerprint density at radius 3 is 1.90 bits per heavy atom. The Labute approximate surface area is 130 Å². The van der Waals surface area contributed by atoms with Crippen molar-refractivity contribution in [3.05, 3.63) is 78.1 Å². The van der Waals surface area contributed by atoms with Gasteiger partial charge in [0, 0.05) is 16.0 Å². The fraction of sp³-hybridized carbons (Fsp3) is 0. The smallest absolute Gasteiger partial charge is 0.219 e. The maximum absolute atomic E-state index is 5.91. The third-order valence-corrected chi connectivity index (χ3v) is 4.71. The van der Waals surface area contributed by atoms with E-state index >= 15 is 0 Å². The lowest BCUT2D eigenvalue weighted by Crippen LogP contribution is -1.93. The minimum atomic E-state index is -0.469. The summed E-state index contributed by atoms with van der Waals surface area (Å²) in [5.74, 6) is 0.401. The number of halogens is 1. The molecule has 5 heteroatoms. The topological polar surface area (TPSA) is 38.1 Å². The van der Waals surface area contributed by atoms with Gasteiger partial charge in [0.1, 0.15) is 5.15 Å². The molecule has 0 saturated carbocycles. The lowest BCUT2D eigenvalue weighted by Gasteiger charge is -2.08. The summed E-state index contributed by atoms with van der Waals surface area (Å²) in [6.07, 6.45) is 1.62. The first-order valence-electron chi connectivity index (χ1n) is 6.38. The van der Waals surface area contributed by atoms with Gasteiger partial charge in [-0.1, -0.05) is 48.0 Å². The summed E-state index contributed by atoms with van der Waals surface area (Å²) < 4.78 is 4.68. The van der Waals surface area contributed by atoms with Gasteiger partial charge in [0.05, 0.1) is 0 Å². The summed E-state index contributed by atoms with van der Waals surface area (Å²) in [7, 11) is -0.469. The molecule has 0 aliphatic carbocycles. The molecule has 3 aromatic rings. The third kappa shape index (κ3) is 3.54. The fourth-order valence-electron chi connectivity index (χ4n) is 1.79. The Hall–Kier alpha value is -2.04. The molecule has 0 unspecified atom stereocenters. The molecular weight excluding hydrogens is 302 g/mol. The number of rotatable bonds is 3. The van der Waals surface area contributed by atoms with Crippen LogP contribution in [0, 0.1) is 0 Å². The second-order valence-corrected chi connectivity index (χ2v) is 6.26. The van der Waals surface area contributed by atoms with Gasteiger partial charge in [0.2, 0.25) is 0 Å². The van der Waals surface area contributed by atoms with Crippen molar-refractivity contribution >= 4 is 28.2 Å². The lowest BCUT2D eigenvalue weighted by molar-refractivity contribution is 1.14. The summed E-state index contributed by atoms with van der Waals surface area (Å²) >= 11 is 5.91. The summed E-state index contributed by atoms with van der Waals surface area (Å²) in [5, 5.41) is 0.397. The Morgan fingerprint density at radius 1 is 0.810 bits per heavy atom. The minimum absolute atomic E-state index is 0.397. The summed E-state index contributed by atoms with van der Waals surface area (Å²) in [4.78, 5) is 10.6. The molecule has 2 aromatic carbocycles. The quantitative estimate of drug-likeness (QED) is 0.658. The third-order valence-electron chi connectivity index (χ3n) is 2.71. The van der Waals surface area contributed by atoms with Crippen molar-refractivity contribution in [1.29, 1.82) is 0 Å². The summed E-state index contributed by atoms with van der Waals surface area (Å²) in [6, 6.07) is 21.9. The van der Waals surface area contributed by atoms with E-state index in [-0.39, 0.29) is 0 Å². The van der Waals surface area contributed by atoms with Crippen LogP contribution >= 0.6 is 11.6 Å². The van der Waals surface area contributed by atoms with Gasteiger partial charge in [-0.15, -0.1) is 0 Å². The van der Waals surface area contributed by atoms with Gasteiger partial charge < -0.3 is 0 Å². The summed E-state index contributed by atoms with van der Waals surface area (Å²) in [5.41, 5.74) is 0. The highest BCUT2D eigenvalue weighted by Crippen LogP contribution is 2.22. The molecule has 0 radical (unpaired) electrons. The van der Waals surface area contributed by atoms with Crippen LogP contribution in [0.1, 0.15) is 0 Å². The Kier molecular flexibility index (Phi) is 4.38. The first-order valence-corrected chi connectivity index (χ1v) is 7.94. The largest absolute Gasteiger partial charge is 0.257 e. The molecule has 0 bridgehead atoms. The molecule has 0 aliphatic heterocycles. The zero-order valence-corrected chi connectivity index (χ0v) is 12.6. The van der Waals surface area contributed by atoms with Crippen molar-refractivity contribution < 1.29 is 0 Å². The Balaban J connectivity index is 2.13. The van der Waals surface area contributed by atoms with Crippen molar-refractivity contribution in [3.8, 4) is 0 Å². The van der Waals surface area contributed by atoms with Gasteiger partial charge in [-0.25, -0.2) is 4.98 Å². The molecule has 21 heavy (non-hydrogen) atoms. The minimum Gasteiger partial charge on any atom is -0.219 e. The predicted molar refractivity (Wildman–Crippen MR) is 85.9 cm³/mol. The molecule has 0 saturated heterocycles. The van der Waals surface area contributed by atoms with Gasteiger partial charge in [-0.3, -0.25) is 0 Å². The van der Waals surface area contributed by atoms with Gasteiger partial charge >= 0.3 is 0 Å². The first-order chi connectivity index (χ1) is 10.3. The van der Waals surface area contributed by atoms with Crippen LogP contribution in [0.2, 0.25) is 5.15 Å². The predicted octanol–water partition coefficient (Wildman–Crippen LogP) is 4.68. The van der Waals surface area contributed by atoms with E-state index in [0.717, 1.165) is 9.79 Å². The van der Waals surface area contributed by atoms with Crippen LogP contribution in [0.3, 0.4) is 0 Å². The molecule has 3 rings (SSSR count). The molecule has 1 heterocycles. The SMILES string of the molecule is Clc1ccnc(N=S(c2ccccc2)c2ccccc2)n1. The molecule has 3 nitrogen and oxygen atoms in total. The fourth-order valence-corrected chi connectivity index (χ4v) is 3.49. The second-order valence-electron chi connectivity index (χ2n) is 4.18. The maximum atomic E-state index is 5.91. The maximum Gasteiger partial charge on any atom is 0.257 e. The molecule has 0 fully saturated rings. The Morgan fingerprint density at radius 2 is 1.38 bits per heavy atom. The highest BCUT2D eigenvalue weighted by Gasteiger charge is 2.06. The zero-order valence-electron chi connectivity index (χ0n) is 11.1. The zero-order chi connectivity index (χ0) is 14.5. The lowest BCUT2D eigenvalue weighted by atomic mass is 10.4. The molecule has 104 valence electrons. The molecule has 0 amide bonds. The van der Waals surface area contributed by atoms with Crippen molar-refractivity contribution in [2.24, 2.45) is 4.36 Å². The van der Waals surface area contributed by atoms with Gasteiger partial charge in [-0.05, 0) is 41.0 Å². The highest BCUT2D eigenvalue weighted by atomic mass is 35.5. The monoisotopic (exact) mass is 313 g/mol. The van der Waals surface area contributed by atoms with E-state index in [1.807, 2.05) is 36.4 Å². The highest BCUT2D eigenvalue weighted by molar-refractivity contribution is 7.87. The number of aromatic nitrogens is 2. The standard InChI is InChI=1S/C16H12ClN3S/c17-15-11-12-18-16(19-15)20-21(13-7-3-1-4-8-13)14-9-5-2-6-10-14/h1-12H. The normalized spacial score (nSPS) is 10.6. The van der Waals surface area contributed by atoms with E-state index in [2.05, 4.69) is 38.6 Å². The van der Waals surface area contributed by atoms with Crippen molar-refractivity contribution in [3.63, 3.8) is 0 Å². The molecule has 0 atom stereocenters. The van der Waals surface area contributed by atoms with Crippen LogP contribution < -0.4 is 0 Å². The number of nitrogens with zero attached hydrogens (tertiary/aromatic N) is 3. The first kappa shape index (κ1) is 13.9. The number of hydrogen-bond acceptors (Lipinski definition) is 3. The van der Waals surface area contributed by atoms with Gasteiger partial charge in [0.25, 0.3) is 5.95 Å². The summed E-state index contributed by atoms with van der Waals surface area (Å²) in [6.45, 7) is 0. The van der Waals surface area contributed by atoms with E-state index in [1.54, 1.807) is 12.3 Å². The van der Waals surface area contributed by atoms with Crippen LogP contribution in [0.4, 0.5) is 5.95 Å². The van der Waals surface area contributed by atoms with Crippen LogP contribution in [0.5, 0.6) is 0 Å². The Bertz CT molecular complexity index is 719. The van der Waals surface area contributed by atoms with Crippen molar-refractivity contribution in [1.82, 2.24) is 9.97 Å². The van der Waals surface area contributed by atoms with Crippen molar-refractivity contribution in [2.45, 2.75) is 9.79 Å². The molecule has 1 aromatic heterocycles. The van der Waals surface area contributed by atoms with Crippen molar-refractivity contribution in [2.75, 3.05) is 0 Å². The number of benzene rings is 2. The molecule has 0 N–H and O–H groups in total. The molecule has 0 aliphatic rings. The van der Waals surface area contributed by atoms with E-state index < -0.39 is 10.7 Å². The van der Waals surface area contributed by atoms with Gasteiger partial charge in [-0.2, -0.15) is 9.35 Å². The second kappa shape index (κ2) is 6.61. The average Bonchev–Trinajstić information content (AvgIpc) is 2.54. The average molecular weight is 314 g/mol.